The lowest BCUT2D eigenvalue weighted by Crippen LogP contribution is -2.13. The number of benzene rings is 3. The maximum Gasteiger partial charge on any atom is 0.256 e. The van der Waals surface area contributed by atoms with Crippen molar-refractivity contribution in [2.24, 2.45) is 0 Å². The van der Waals surface area contributed by atoms with Gasteiger partial charge in [-0.25, -0.2) is 18.9 Å². The van der Waals surface area contributed by atoms with E-state index >= 15 is 0 Å². The Kier molecular flexibility index (Phi) is 5.22. The van der Waals surface area contributed by atoms with Crippen molar-refractivity contribution in [1.29, 1.82) is 0 Å². The van der Waals surface area contributed by atoms with Gasteiger partial charge in [-0.2, -0.15) is 5.10 Å². The fraction of sp³-hybridized carbons (Fsp3) is 0.0345. The van der Waals surface area contributed by atoms with Crippen molar-refractivity contribution in [2.45, 2.75) is 6.92 Å². The predicted molar refractivity (Wildman–Crippen MR) is 138 cm³/mol. The second-order valence-corrected chi connectivity index (χ2v) is 8.51. The average molecular weight is 474 g/mol. The molecule has 6 aromatic rings. The first-order chi connectivity index (χ1) is 17.6. The number of pyridine rings is 1. The number of fused-ring (bicyclic) bond motifs is 2. The zero-order chi connectivity index (χ0) is 24.6. The largest absolute Gasteiger partial charge is 0.307 e. The van der Waals surface area contributed by atoms with Crippen LogP contribution in [0.3, 0.4) is 0 Å². The summed E-state index contributed by atoms with van der Waals surface area (Å²) in [7, 11) is 0. The van der Waals surface area contributed by atoms with E-state index in [1.54, 1.807) is 48.1 Å². The van der Waals surface area contributed by atoms with E-state index in [9.17, 15) is 9.18 Å². The van der Waals surface area contributed by atoms with Crippen LogP contribution in [-0.2, 0) is 0 Å². The minimum atomic E-state index is -0.273. The molecule has 1 N–H and O–H groups in total. The molecule has 0 radical (unpaired) electrons. The molecular formula is C29H20FN5O. The highest BCUT2D eigenvalue weighted by Crippen LogP contribution is 2.33. The number of rotatable bonds is 4. The number of carbonyl (C=O) groups is 1. The highest BCUT2D eigenvalue weighted by Gasteiger charge is 2.18. The predicted octanol–water partition coefficient (Wildman–Crippen LogP) is 6.31. The molecule has 0 saturated carbocycles. The quantitative estimate of drug-likeness (QED) is 0.326. The van der Waals surface area contributed by atoms with Crippen LogP contribution in [0.4, 0.5) is 10.2 Å². The second-order valence-electron chi connectivity index (χ2n) is 8.51. The van der Waals surface area contributed by atoms with Crippen LogP contribution < -0.4 is 5.32 Å². The molecule has 7 heteroatoms. The molecule has 174 valence electrons. The van der Waals surface area contributed by atoms with Crippen LogP contribution in [0.25, 0.3) is 38.9 Å². The minimum Gasteiger partial charge on any atom is -0.307 e. The monoisotopic (exact) mass is 473 g/mol. The number of anilines is 1. The van der Waals surface area contributed by atoms with Crippen LogP contribution >= 0.6 is 0 Å². The number of nitrogens with one attached hydrogen (secondary N) is 1. The number of hydrogen-bond donors (Lipinski definition) is 1. The molecule has 3 aromatic carbocycles. The topological polar surface area (TPSA) is 72.2 Å². The molecule has 0 aliphatic rings. The number of amides is 1. The van der Waals surface area contributed by atoms with E-state index in [2.05, 4.69) is 15.4 Å². The Morgan fingerprint density at radius 1 is 0.861 bits per heavy atom. The third-order valence-corrected chi connectivity index (χ3v) is 6.11. The van der Waals surface area contributed by atoms with Crippen LogP contribution in [0, 0.1) is 12.7 Å². The fourth-order valence-electron chi connectivity index (χ4n) is 4.31. The molecule has 0 bridgehead atoms. The Morgan fingerprint density at radius 2 is 1.72 bits per heavy atom. The van der Waals surface area contributed by atoms with Crippen LogP contribution in [-0.4, -0.2) is 25.5 Å². The molecule has 0 saturated heterocycles. The van der Waals surface area contributed by atoms with Gasteiger partial charge in [-0.3, -0.25) is 4.79 Å². The number of aryl methyl sites for hydroxylation is 1. The molecule has 0 spiro atoms. The van der Waals surface area contributed by atoms with Gasteiger partial charge in [0.2, 0.25) is 0 Å². The van der Waals surface area contributed by atoms with Crippen molar-refractivity contribution < 1.29 is 9.18 Å². The highest BCUT2D eigenvalue weighted by atomic mass is 19.1. The molecule has 1 amide bonds. The summed E-state index contributed by atoms with van der Waals surface area (Å²) in [5.74, 6) is -0.126. The molecule has 0 aliphatic carbocycles. The minimum absolute atomic E-state index is 0.254. The van der Waals surface area contributed by atoms with E-state index in [0.29, 0.717) is 28.3 Å². The van der Waals surface area contributed by atoms with E-state index in [4.69, 9.17) is 4.98 Å². The molecule has 6 nitrogen and oxygen atoms in total. The maximum atomic E-state index is 14.0. The van der Waals surface area contributed by atoms with E-state index in [-0.39, 0.29) is 11.7 Å². The van der Waals surface area contributed by atoms with Crippen molar-refractivity contribution in [1.82, 2.24) is 19.6 Å². The lowest BCUT2D eigenvalue weighted by atomic mass is 10.0. The summed E-state index contributed by atoms with van der Waals surface area (Å²) < 4.78 is 15.7. The first-order valence-electron chi connectivity index (χ1n) is 11.4. The normalized spacial score (nSPS) is 11.2. The van der Waals surface area contributed by atoms with Crippen molar-refractivity contribution in [3.05, 3.63) is 114 Å². The van der Waals surface area contributed by atoms with Gasteiger partial charge in [0.05, 0.1) is 5.69 Å². The van der Waals surface area contributed by atoms with Gasteiger partial charge in [-0.05, 0) is 77.9 Å². The molecular weight excluding hydrogens is 453 g/mol. The number of hydrogen-bond acceptors (Lipinski definition) is 4. The van der Waals surface area contributed by atoms with Gasteiger partial charge < -0.3 is 5.32 Å². The number of aromatic nitrogens is 4. The van der Waals surface area contributed by atoms with Gasteiger partial charge in [0, 0.05) is 29.1 Å². The Labute approximate surface area is 206 Å². The van der Waals surface area contributed by atoms with Crippen LogP contribution in [0.15, 0.2) is 97.3 Å². The third kappa shape index (κ3) is 3.86. The van der Waals surface area contributed by atoms with Crippen LogP contribution in [0.1, 0.15) is 15.9 Å². The number of carbonyl (C=O) groups excluding carboxylic acids is 1. The van der Waals surface area contributed by atoms with Gasteiger partial charge in [-0.1, -0.05) is 30.3 Å². The van der Waals surface area contributed by atoms with Crippen molar-refractivity contribution in [2.75, 3.05) is 5.32 Å². The SMILES string of the molecule is Cc1cc(-c2nc3cccnn3c2-c2ccnc(NC(=O)c3ccc4ccccc4c3)c2)ccc1F. The smallest absolute Gasteiger partial charge is 0.256 e. The molecule has 36 heavy (non-hydrogen) atoms. The summed E-state index contributed by atoms with van der Waals surface area (Å²) in [6.07, 6.45) is 3.31. The molecule has 0 unspecified atom stereocenters. The van der Waals surface area contributed by atoms with E-state index in [0.717, 1.165) is 27.6 Å². The summed E-state index contributed by atoms with van der Waals surface area (Å²) in [6, 6.07) is 25.7. The fourth-order valence-corrected chi connectivity index (χ4v) is 4.31. The van der Waals surface area contributed by atoms with Crippen molar-refractivity contribution in [3.8, 4) is 22.5 Å². The highest BCUT2D eigenvalue weighted by molar-refractivity contribution is 6.06. The molecule has 3 heterocycles. The second kappa shape index (κ2) is 8.70. The Morgan fingerprint density at radius 3 is 2.58 bits per heavy atom. The first kappa shape index (κ1) is 21.6. The Bertz CT molecular complexity index is 1780. The first-order valence-corrected chi connectivity index (χ1v) is 11.4. The van der Waals surface area contributed by atoms with Crippen LogP contribution in [0.5, 0.6) is 0 Å². The summed E-state index contributed by atoms with van der Waals surface area (Å²) in [6.45, 7) is 1.72. The lowest BCUT2D eigenvalue weighted by molar-refractivity contribution is 0.102. The summed E-state index contributed by atoms with van der Waals surface area (Å²) in [5, 5.41) is 9.44. The van der Waals surface area contributed by atoms with Crippen molar-refractivity contribution in [3.63, 3.8) is 0 Å². The van der Waals surface area contributed by atoms with Crippen molar-refractivity contribution >= 4 is 28.1 Å². The average Bonchev–Trinajstić information content (AvgIpc) is 3.30. The zero-order valence-electron chi connectivity index (χ0n) is 19.3. The molecule has 6 rings (SSSR count). The van der Waals surface area contributed by atoms with Gasteiger partial charge in [0.25, 0.3) is 5.91 Å². The standard InChI is InChI=1S/C29H20FN5O/c1-18-15-21(10-11-24(18)30)27-28(35-26(34-27)7-4-13-32-35)22-12-14-31-25(17-22)33-29(36)23-9-8-19-5-2-3-6-20(19)16-23/h2-17H,1H3,(H,31,33,36). The number of nitrogens with zero attached hydrogens (tertiary/aromatic N) is 4. The maximum absolute atomic E-state index is 14.0. The number of imidazole rings is 1. The molecule has 0 fully saturated rings. The van der Waals surface area contributed by atoms with Gasteiger partial charge in [-0.15, -0.1) is 0 Å². The number of halogens is 1. The zero-order valence-corrected chi connectivity index (χ0v) is 19.3. The van der Waals surface area contributed by atoms with E-state index < -0.39 is 0 Å². The van der Waals surface area contributed by atoms with Gasteiger partial charge in [0.15, 0.2) is 5.65 Å². The summed E-state index contributed by atoms with van der Waals surface area (Å²) >= 11 is 0. The summed E-state index contributed by atoms with van der Waals surface area (Å²) in [5.41, 5.74) is 4.65. The molecule has 0 atom stereocenters. The van der Waals surface area contributed by atoms with Crippen LogP contribution in [0.2, 0.25) is 0 Å². The molecule has 0 aliphatic heterocycles. The van der Waals surface area contributed by atoms with E-state index in [1.165, 1.54) is 6.07 Å². The Hall–Kier alpha value is -4.91. The van der Waals surface area contributed by atoms with Gasteiger partial charge in [0.1, 0.15) is 17.3 Å². The lowest BCUT2D eigenvalue weighted by Gasteiger charge is -2.09. The summed E-state index contributed by atoms with van der Waals surface area (Å²) in [4.78, 5) is 22.1. The molecule has 3 aromatic heterocycles. The Balaban J connectivity index is 1.40. The third-order valence-electron chi connectivity index (χ3n) is 6.11. The van der Waals surface area contributed by atoms with E-state index in [1.807, 2.05) is 54.6 Å². The van der Waals surface area contributed by atoms with Gasteiger partial charge >= 0.3 is 0 Å².